The number of rotatable bonds is 4. The van der Waals surface area contributed by atoms with Gasteiger partial charge in [0.25, 0.3) is 0 Å². The average molecular weight is 162 g/mol. The topological polar surface area (TPSA) is 19.9 Å². The van der Waals surface area contributed by atoms with E-state index >= 15 is 0 Å². The number of hydrogen-bond donors (Lipinski definition) is 0. The van der Waals surface area contributed by atoms with Crippen LogP contribution in [0, 0.1) is 5.92 Å². The van der Waals surface area contributed by atoms with Crippen molar-refractivity contribution in [2.45, 2.75) is 26.4 Å². The lowest BCUT2D eigenvalue weighted by Gasteiger charge is -2.11. The minimum atomic E-state index is -0.631. The maximum Gasteiger partial charge on any atom is 0.114 e. The number of halogens is 1. The Bertz CT molecular complexity index is 112. The summed E-state index contributed by atoms with van der Waals surface area (Å²) in [6.07, 6.45) is -0.0208. The molecule has 0 aromatic rings. The summed E-state index contributed by atoms with van der Waals surface area (Å²) < 4.78 is 0. The molecule has 0 aromatic carbocycles. The molecule has 0 bridgehead atoms. The van der Waals surface area contributed by atoms with Crippen molar-refractivity contribution in [1.29, 1.82) is 0 Å². The van der Waals surface area contributed by atoms with Gasteiger partial charge in [-0.25, -0.2) is 5.11 Å². The molecule has 10 heavy (non-hydrogen) atoms. The first kappa shape index (κ1) is 9.99. The lowest BCUT2D eigenvalue weighted by atomic mass is 10.0. The van der Waals surface area contributed by atoms with E-state index in [4.69, 9.17) is 11.6 Å². The Morgan fingerprint density at radius 2 is 2.20 bits per heavy atom. The van der Waals surface area contributed by atoms with E-state index in [-0.39, 0.29) is 0 Å². The Kier molecular flexibility index (Phi) is 4.75. The van der Waals surface area contributed by atoms with Crippen molar-refractivity contribution >= 4 is 11.6 Å². The highest BCUT2D eigenvalue weighted by Crippen LogP contribution is 2.12. The second kappa shape index (κ2) is 4.75. The molecule has 0 rings (SSSR count). The SMILES string of the molecule is C=C(C)C([O])CC(C)CCl. The maximum absolute atomic E-state index is 11.0. The van der Waals surface area contributed by atoms with Gasteiger partial charge in [0.15, 0.2) is 0 Å². The molecular weight excluding hydrogens is 148 g/mol. The third-order valence-corrected chi connectivity index (χ3v) is 1.96. The molecule has 0 amide bonds. The molecule has 0 spiro atoms. The molecule has 0 heterocycles. The zero-order valence-corrected chi connectivity index (χ0v) is 7.32. The van der Waals surface area contributed by atoms with Gasteiger partial charge in [-0.2, -0.15) is 0 Å². The minimum absolute atomic E-state index is 0.306. The number of hydrogen-bond acceptors (Lipinski definition) is 0. The van der Waals surface area contributed by atoms with Crippen LogP contribution in [0.25, 0.3) is 0 Å². The Labute approximate surface area is 67.7 Å². The van der Waals surface area contributed by atoms with Crippen molar-refractivity contribution < 1.29 is 5.11 Å². The molecule has 0 saturated carbocycles. The normalized spacial score (nSPS) is 16.4. The molecule has 1 nitrogen and oxygen atoms in total. The highest BCUT2D eigenvalue weighted by molar-refractivity contribution is 6.18. The first-order chi connectivity index (χ1) is 4.57. The molecule has 59 valence electrons. The van der Waals surface area contributed by atoms with Crippen LogP contribution in [-0.2, 0) is 5.11 Å². The van der Waals surface area contributed by atoms with Crippen molar-refractivity contribution in [2.75, 3.05) is 5.88 Å². The Balaban J connectivity index is 3.56. The van der Waals surface area contributed by atoms with Crippen LogP contribution in [0.1, 0.15) is 20.3 Å². The standard InChI is InChI=1S/C8H14ClO/c1-6(2)8(10)4-7(3)5-9/h7-8H,1,4-5H2,2-3H3. The van der Waals surface area contributed by atoms with Crippen molar-refractivity contribution in [3.63, 3.8) is 0 Å². The molecule has 2 atom stereocenters. The fourth-order valence-electron chi connectivity index (χ4n) is 0.630. The van der Waals surface area contributed by atoms with Crippen LogP contribution in [-0.4, -0.2) is 12.0 Å². The Hall–Kier alpha value is -0.0100. The monoisotopic (exact) mass is 161 g/mol. The van der Waals surface area contributed by atoms with E-state index in [1.54, 1.807) is 6.92 Å². The van der Waals surface area contributed by atoms with Gasteiger partial charge in [-0.1, -0.05) is 13.5 Å². The summed E-state index contributed by atoms with van der Waals surface area (Å²) in [5.41, 5.74) is 0.706. The fraction of sp³-hybridized carbons (Fsp3) is 0.750. The molecule has 0 fully saturated rings. The summed E-state index contributed by atoms with van der Waals surface area (Å²) in [6, 6.07) is 0. The largest absolute Gasteiger partial charge is 0.228 e. The summed E-state index contributed by atoms with van der Waals surface area (Å²) in [5, 5.41) is 11.0. The van der Waals surface area contributed by atoms with Gasteiger partial charge in [0, 0.05) is 5.88 Å². The van der Waals surface area contributed by atoms with Crippen LogP contribution < -0.4 is 0 Å². The first-order valence-corrected chi connectivity index (χ1v) is 3.98. The predicted molar refractivity (Wildman–Crippen MR) is 43.8 cm³/mol. The van der Waals surface area contributed by atoms with Crippen LogP contribution in [0.5, 0.6) is 0 Å². The minimum Gasteiger partial charge on any atom is -0.228 e. The van der Waals surface area contributed by atoms with Crippen molar-refractivity contribution in [3.8, 4) is 0 Å². The fourth-order valence-corrected chi connectivity index (χ4v) is 0.756. The third kappa shape index (κ3) is 3.91. The van der Waals surface area contributed by atoms with Gasteiger partial charge in [0.2, 0.25) is 0 Å². The molecule has 0 aliphatic rings. The van der Waals surface area contributed by atoms with Gasteiger partial charge >= 0.3 is 0 Å². The van der Waals surface area contributed by atoms with Crippen LogP contribution >= 0.6 is 11.6 Å². The summed E-state index contributed by atoms with van der Waals surface area (Å²) in [6.45, 7) is 7.32. The van der Waals surface area contributed by atoms with Gasteiger partial charge in [-0.3, -0.25) is 0 Å². The van der Waals surface area contributed by atoms with Gasteiger partial charge in [-0.05, 0) is 24.8 Å². The zero-order chi connectivity index (χ0) is 8.15. The maximum atomic E-state index is 11.0. The molecule has 0 aliphatic carbocycles. The van der Waals surface area contributed by atoms with Crippen LogP contribution in [0.2, 0.25) is 0 Å². The predicted octanol–water partition coefficient (Wildman–Crippen LogP) is 2.63. The van der Waals surface area contributed by atoms with Gasteiger partial charge in [-0.15, -0.1) is 11.6 Å². The van der Waals surface area contributed by atoms with Crippen LogP contribution in [0.15, 0.2) is 12.2 Å². The van der Waals surface area contributed by atoms with Crippen molar-refractivity contribution in [2.24, 2.45) is 5.92 Å². The zero-order valence-electron chi connectivity index (χ0n) is 6.56. The van der Waals surface area contributed by atoms with E-state index in [9.17, 15) is 5.11 Å². The average Bonchev–Trinajstić information content (AvgIpc) is 1.87. The molecule has 0 aliphatic heterocycles. The molecular formula is C8H14ClO. The second-order valence-corrected chi connectivity index (χ2v) is 3.14. The van der Waals surface area contributed by atoms with E-state index in [2.05, 4.69) is 6.58 Å². The molecule has 2 unspecified atom stereocenters. The number of alkyl halides is 1. The third-order valence-electron chi connectivity index (χ3n) is 1.43. The second-order valence-electron chi connectivity index (χ2n) is 2.83. The highest BCUT2D eigenvalue weighted by Gasteiger charge is 2.10. The molecule has 1 radical (unpaired) electrons. The van der Waals surface area contributed by atoms with E-state index in [1.165, 1.54) is 0 Å². The van der Waals surface area contributed by atoms with Gasteiger partial charge in [0.05, 0.1) is 0 Å². The van der Waals surface area contributed by atoms with E-state index in [0.717, 1.165) is 0 Å². The van der Waals surface area contributed by atoms with Gasteiger partial charge < -0.3 is 0 Å². The summed E-state index contributed by atoms with van der Waals surface area (Å²) in [5.74, 6) is 0.868. The quantitative estimate of drug-likeness (QED) is 0.446. The van der Waals surface area contributed by atoms with E-state index in [1.807, 2.05) is 6.92 Å². The lowest BCUT2D eigenvalue weighted by molar-refractivity contribution is 0.101. The summed E-state index contributed by atoms with van der Waals surface area (Å²) in [7, 11) is 0. The molecule has 0 saturated heterocycles. The Morgan fingerprint density at radius 3 is 2.50 bits per heavy atom. The molecule has 0 N–H and O–H groups in total. The summed E-state index contributed by atoms with van der Waals surface area (Å²) >= 11 is 5.53. The van der Waals surface area contributed by atoms with Gasteiger partial charge in [0.1, 0.15) is 6.10 Å². The van der Waals surface area contributed by atoms with Crippen LogP contribution in [0.4, 0.5) is 0 Å². The van der Waals surface area contributed by atoms with Crippen LogP contribution in [0.3, 0.4) is 0 Å². The van der Waals surface area contributed by atoms with E-state index in [0.29, 0.717) is 23.8 Å². The van der Waals surface area contributed by atoms with Crippen molar-refractivity contribution in [3.05, 3.63) is 12.2 Å². The summed E-state index contributed by atoms with van der Waals surface area (Å²) in [4.78, 5) is 0. The smallest absolute Gasteiger partial charge is 0.114 e. The molecule has 2 heteroatoms. The van der Waals surface area contributed by atoms with Crippen molar-refractivity contribution in [1.82, 2.24) is 0 Å². The lowest BCUT2D eigenvalue weighted by Crippen LogP contribution is -2.11. The first-order valence-electron chi connectivity index (χ1n) is 3.45. The molecule has 0 aromatic heterocycles. The Morgan fingerprint density at radius 1 is 1.70 bits per heavy atom. The highest BCUT2D eigenvalue weighted by atomic mass is 35.5. The van der Waals surface area contributed by atoms with E-state index < -0.39 is 6.10 Å².